The van der Waals surface area contributed by atoms with E-state index in [9.17, 15) is 0 Å². The van der Waals surface area contributed by atoms with Crippen LogP contribution in [0.15, 0.2) is 23.1 Å². The number of benzene rings is 1. The average molecular weight is 213 g/mol. The summed E-state index contributed by atoms with van der Waals surface area (Å²) < 4.78 is 5.09. The van der Waals surface area contributed by atoms with Gasteiger partial charge in [0.05, 0.1) is 19.1 Å². The van der Waals surface area contributed by atoms with E-state index >= 15 is 0 Å². The number of nitrogens with two attached hydrogens (primary N) is 1. The molecule has 1 rings (SSSR count). The summed E-state index contributed by atoms with van der Waals surface area (Å²) in [5.41, 5.74) is 6.74. The molecule has 1 aromatic rings. The zero-order valence-electron chi connectivity index (χ0n) is 8.36. The van der Waals surface area contributed by atoms with Crippen molar-refractivity contribution in [3.05, 3.63) is 23.8 Å². The fourth-order valence-corrected chi connectivity index (χ4v) is 1.87. The molecule has 4 heteroatoms. The average Bonchev–Trinajstić information content (AvgIpc) is 2.20. The minimum atomic E-state index is -0.262. The molecule has 3 N–H and O–H groups in total. The summed E-state index contributed by atoms with van der Waals surface area (Å²) in [5, 5.41) is 8.56. The predicted octanol–water partition coefficient (Wildman–Crippen LogP) is 1.37. The Morgan fingerprint density at radius 1 is 1.57 bits per heavy atom. The van der Waals surface area contributed by atoms with E-state index < -0.39 is 0 Å². The van der Waals surface area contributed by atoms with Crippen LogP contribution in [0.2, 0.25) is 0 Å². The molecular weight excluding hydrogens is 198 g/mol. The monoisotopic (exact) mass is 213 g/mol. The first-order valence-corrected chi connectivity index (χ1v) is 5.23. The van der Waals surface area contributed by atoms with Gasteiger partial charge in [-0.3, -0.25) is 0 Å². The number of aliphatic hydroxyl groups is 1. The van der Waals surface area contributed by atoms with Gasteiger partial charge in [0.15, 0.2) is 0 Å². The molecule has 0 aromatic heterocycles. The van der Waals surface area contributed by atoms with Crippen LogP contribution in [0.1, 0.15) is 5.56 Å². The number of hydrogen-bond acceptors (Lipinski definition) is 4. The molecule has 0 saturated heterocycles. The van der Waals surface area contributed by atoms with Crippen molar-refractivity contribution in [1.29, 1.82) is 0 Å². The molecule has 0 heterocycles. The minimum Gasteiger partial charge on any atom is -0.497 e. The lowest BCUT2D eigenvalue weighted by molar-refractivity contribution is 0.296. The van der Waals surface area contributed by atoms with Gasteiger partial charge >= 0.3 is 0 Å². The molecule has 0 aliphatic carbocycles. The number of aryl methyl sites for hydroxylation is 1. The number of aliphatic hydroxyl groups excluding tert-OH is 1. The maximum absolute atomic E-state index is 8.82. The maximum Gasteiger partial charge on any atom is 0.119 e. The topological polar surface area (TPSA) is 55.5 Å². The van der Waals surface area contributed by atoms with E-state index in [4.69, 9.17) is 15.6 Å². The molecule has 78 valence electrons. The van der Waals surface area contributed by atoms with E-state index in [-0.39, 0.29) is 12.0 Å². The fourth-order valence-electron chi connectivity index (χ4n) is 1.08. The Morgan fingerprint density at radius 3 is 2.79 bits per heavy atom. The fraction of sp³-hybridized carbons (Fsp3) is 0.400. The van der Waals surface area contributed by atoms with Crippen LogP contribution in [-0.4, -0.2) is 24.2 Å². The Bertz CT molecular complexity index is 304. The largest absolute Gasteiger partial charge is 0.497 e. The van der Waals surface area contributed by atoms with Crippen molar-refractivity contribution in [2.75, 3.05) is 13.7 Å². The maximum atomic E-state index is 8.82. The van der Waals surface area contributed by atoms with E-state index in [0.717, 1.165) is 16.2 Å². The number of rotatable bonds is 4. The number of ether oxygens (including phenoxy) is 1. The van der Waals surface area contributed by atoms with Gasteiger partial charge in [0, 0.05) is 4.90 Å². The highest BCUT2D eigenvalue weighted by Crippen LogP contribution is 2.27. The first-order valence-electron chi connectivity index (χ1n) is 4.35. The summed E-state index contributed by atoms with van der Waals surface area (Å²) in [4.78, 5) is 1.08. The van der Waals surface area contributed by atoms with Gasteiger partial charge in [-0.05, 0) is 30.7 Å². The third kappa shape index (κ3) is 2.90. The van der Waals surface area contributed by atoms with Crippen LogP contribution in [0.4, 0.5) is 0 Å². The van der Waals surface area contributed by atoms with Crippen molar-refractivity contribution in [2.24, 2.45) is 5.73 Å². The normalized spacial score (nSPS) is 12.6. The lowest BCUT2D eigenvalue weighted by Crippen LogP contribution is -2.19. The second-order valence-electron chi connectivity index (χ2n) is 2.97. The van der Waals surface area contributed by atoms with Gasteiger partial charge in [-0.1, -0.05) is 0 Å². The van der Waals surface area contributed by atoms with Crippen molar-refractivity contribution in [2.45, 2.75) is 17.2 Å². The summed E-state index contributed by atoms with van der Waals surface area (Å²) in [6.45, 7) is 1.98. The second-order valence-corrected chi connectivity index (χ2v) is 4.25. The first kappa shape index (κ1) is 11.4. The van der Waals surface area contributed by atoms with Gasteiger partial charge in [-0.2, -0.15) is 0 Å². The van der Waals surface area contributed by atoms with Crippen LogP contribution < -0.4 is 10.5 Å². The van der Waals surface area contributed by atoms with Gasteiger partial charge in [-0.25, -0.2) is 0 Å². The quantitative estimate of drug-likeness (QED) is 0.586. The summed E-state index contributed by atoms with van der Waals surface area (Å²) in [5.74, 6) is 0.837. The van der Waals surface area contributed by atoms with Crippen LogP contribution >= 0.6 is 11.8 Å². The molecule has 0 radical (unpaired) electrons. The van der Waals surface area contributed by atoms with E-state index in [1.165, 1.54) is 11.8 Å². The third-order valence-corrected chi connectivity index (χ3v) is 3.00. The van der Waals surface area contributed by atoms with Crippen LogP contribution in [0, 0.1) is 6.92 Å². The zero-order chi connectivity index (χ0) is 10.6. The SMILES string of the molecule is COc1ccc(SC(N)CO)c(C)c1. The van der Waals surface area contributed by atoms with E-state index in [1.54, 1.807) is 7.11 Å². The number of methoxy groups -OCH3 is 1. The molecule has 1 atom stereocenters. The molecule has 0 spiro atoms. The molecule has 0 fully saturated rings. The van der Waals surface area contributed by atoms with E-state index in [0.29, 0.717) is 0 Å². The van der Waals surface area contributed by atoms with Crippen molar-refractivity contribution >= 4 is 11.8 Å². The third-order valence-electron chi connectivity index (χ3n) is 1.84. The molecule has 0 saturated carbocycles. The Hall–Kier alpha value is -0.710. The Morgan fingerprint density at radius 2 is 2.29 bits per heavy atom. The van der Waals surface area contributed by atoms with Crippen LogP contribution in [0.25, 0.3) is 0 Å². The Kier molecular flexibility index (Phi) is 4.25. The number of thioether (sulfide) groups is 1. The van der Waals surface area contributed by atoms with Crippen molar-refractivity contribution in [3.63, 3.8) is 0 Å². The highest BCUT2D eigenvalue weighted by molar-refractivity contribution is 8.00. The molecule has 14 heavy (non-hydrogen) atoms. The second kappa shape index (κ2) is 5.24. The van der Waals surface area contributed by atoms with Gasteiger partial charge < -0.3 is 15.6 Å². The summed E-state index contributed by atoms with van der Waals surface area (Å²) in [7, 11) is 1.64. The lowest BCUT2D eigenvalue weighted by Gasteiger charge is -2.11. The molecular formula is C10H15NO2S. The number of hydrogen-bond donors (Lipinski definition) is 2. The Labute approximate surface area is 88.3 Å². The minimum absolute atomic E-state index is 0.0177. The highest BCUT2D eigenvalue weighted by Gasteiger charge is 2.06. The van der Waals surface area contributed by atoms with Crippen LogP contribution in [-0.2, 0) is 0 Å². The van der Waals surface area contributed by atoms with Crippen molar-refractivity contribution in [1.82, 2.24) is 0 Å². The van der Waals surface area contributed by atoms with Gasteiger partial charge in [-0.15, -0.1) is 11.8 Å². The molecule has 3 nitrogen and oxygen atoms in total. The van der Waals surface area contributed by atoms with Crippen LogP contribution in [0.3, 0.4) is 0 Å². The first-order chi connectivity index (χ1) is 6.67. The van der Waals surface area contributed by atoms with E-state index in [2.05, 4.69) is 0 Å². The van der Waals surface area contributed by atoms with Gasteiger partial charge in [0.1, 0.15) is 5.75 Å². The molecule has 0 aliphatic heterocycles. The summed E-state index contributed by atoms with van der Waals surface area (Å²) in [6.07, 6.45) is 0. The van der Waals surface area contributed by atoms with Gasteiger partial charge in [0.25, 0.3) is 0 Å². The molecule has 1 unspecified atom stereocenters. The lowest BCUT2D eigenvalue weighted by atomic mass is 10.2. The summed E-state index contributed by atoms with van der Waals surface area (Å²) >= 11 is 1.46. The smallest absolute Gasteiger partial charge is 0.119 e. The highest BCUT2D eigenvalue weighted by atomic mass is 32.2. The van der Waals surface area contributed by atoms with Crippen molar-refractivity contribution < 1.29 is 9.84 Å². The molecule has 0 bridgehead atoms. The van der Waals surface area contributed by atoms with E-state index in [1.807, 2.05) is 25.1 Å². The predicted molar refractivity (Wildman–Crippen MR) is 58.6 cm³/mol. The van der Waals surface area contributed by atoms with Crippen LogP contribution in [0.5, 0.6) is 5.75 Å². The molecule has 0 aliphatic rings. The molecule has 0 amide bonds. The zero-order valence-corrected chi connectivity index (χ0v) is 9.17. The Balaban J connectivity index is 2.78. The molecule has 1 aromatic carbocycles. The summed E-state index contributed by atoms with van der Waals surface area (Å²) in [6, 6.07) is 5.79. The standard InChI is InChI=1S/C10H15NO2S/c1-7-5-8(13-2)3-4-9(7)14-10(11)6-12/h3-5,10,12H,6,11H2,1-2H3. The van der Waals surface area contributed by atoms with Crippen molar-refractivity contribution in [3.8, 4) is 5.75 Å². The van der Waals surface area contributed by atoms with Gasteiger partial charge in [0.2, 0.25) is 0 Å².